The fourth-order valence-corrected chi connectivity index (χ4v) is 4.16. The van der Waals surface area contributed by atoms with E-state index in [1.54, 1.807) is 24.3 Å². The molecule has 3 aromatic rings. The number of nitrogens with zero attached hydrogens (tertiary/aromatic N) is 2. The summed E-state index contributed by atoms with van der Waals surface area (Å²) in [7, 11) is 0. The average Bonchev–Trinajstić information content (AvgIpc) is 3.10. The van der Waals surface area contributed by atoms with Crippen LogP contribution in [0.5, 0.6) is 0 Å². The molecule has 0 saturated carbocycles. The molecule has 2 heterocycles. The van der Waals surface area contributed by atoms with Gasteiger partial charge >= 0.3 is 12.4 Å². The molecule has 186 valence electrons. The number of nitrogens with one attached hydrogen (secondary N) is 2. The number of benzene rings is 2. The van der Waals surface area contributed by atoms with E-state index in [1.807, 2.05) is 6.92 Å². The van der Waals surface area contributed by atoms with Crippen molar-refractivity contribution < 1.29 is 31.1 Å². The van der Waals surface area contributed by atoms with Gasteiger partial charge in [-0.05, 0) is 30.7 Å². The molecule has 1 aromatic heterocycles. The highest BCUT2D eigenvalue weighted by Crippen LogP contribution is 2.46. The lowest BCUT2D eigenvalue weighted by atomic mass is 9.96. The van der Waals surface area contributed by atoms with Crippen molar-refractivity contribution in [1.82, 2.24) is 9.78 Å². The van der Waals surface area contributed by atoms with Crippen molar-refractivity contribution in [3.05, 3.63) is 74.9 Å². The van der Waals surface area contributed by atoms with Crippen molar-refractivity contribution in [2.24, 2.45) is 0 Å². The highest BCUT2D eigenvalue weighted by atomic mass is 35.5. The highest BCUT2D eigenvalue weighted by molar-refractivity contribution is 6.37. The van der Waals surface area contributed by atoms with E-state index >= 15 is 0 Å². The average molecular weight is 537 g/mol. The van der Waals surface area contributed by atoms with E-state index in [0.29, 0.717) is 16.3 Å². The molecular weight excluding hydrogens is 521 g/mol. The third-order valence-electron chi connectivity index (χ3n) is 5.53. The Hall–Kier alpha value is -2.92. The maximum Gasteiger partial charge on any atom is 0.416 e. The summed E-state index contributed by atoms with van der Waals surface area (Å²) in [4.78, 5) is 12.8. The second-order valence-corrected chi connectivity index (χ2v) is 8.79. The number of halogens is 8. The van der Waals surface area contributed by atoms with Crippen molar-refractivity contribution in [3.63, 3.8) is 0 Å². The molecule has 0 unspecified atom stereocenters. The van der Waals surface area contributed by atoms with Crippen LogP contribution in [-0.2, 0) is 6.18 Å². The summed E-state index contributed by atoms with van der Waals surface area (Å²) in [6.45, 7) is 1.84. The Morgan fingerprint density at radius 1 is 1.09 bits per heavy atom. The van der Waals surface area contributed by atoms with Gasteiger partial charge in [-0.25, -0.2) is 4.68 Å². The molecule has 2 N–H and O–H groups in total. The zero-order valence-electron chi connectivity index (χ0n) is 17.7. The Balaban J connectivity index is 1.70. The van der Waals surface area contributed by atoms with Gasteiger partial charge in [0, 0.05) is 6.42 Å². The molecule has 0 saturated heterocycles. The van der Waals surface area contributed by atoms with Gasteiger partial charge in [-0.2, -0.15) is 31.4 Å². The number of rotatable bonds is 3. The highest BCUT2D eigenvalue weighted by Gasteiger charge is 2.48. The first-order chi connectivity index (χ1) is 16.3. The van der Waals surface area contributed by atoms with E-state index in [0.717, 1.165) is 17.7 Å². The third kappa shape index (κ3) is 5.06. The molecule has 2 aromatic carbocycles. The first-order valence-electron chi connectivity index (χ1n) is 10.1. The summed E-state index contributed by atoms with van der Waals surface area (Å²) in [5.74, 6) is -1.35. The summed E-state index contributed by atoms with van der Waals surface area (Å²) in [6.07, 6.45) is -9.84. The summed E-state index contributed by atoms with van der Waals surface area (Å²) in [5.41, 5.74) is -0.567. The van der Waals surface area contributed by atoms with Crippen molar-refractivity contribution in [2.45, 2.75) is 37.8 Å². The molecule has 1 amide bonds. The molecule has 0 aliphatic carbocycles. The van der Waals surface area contributed by atoms with Crippen molar-refractivity contribution >= 4 is 40.6 Å². The minimum atomic E-state index is -4.72. The van der Waals surface area contributed by atoms with Crippen molar-refractivity contribution in [1.29, 1.82) is 0 Å². The topological polar surface area (TPSA) is 59.0 Å². The third-order valence-corrected chi connectivity index (χ3v) is 6.22. The molecule has 0 radical (unpaired) electrons. The summed E-state index contributed by atoms with van der Waals surface area (Å²) >= 11 is 12.2. The number of hydrogen-bond donors (Lipinski definition) is 2. The number of carbonyl (C=O) groups excluding carboxylic acids is 1. The van der Waals surface area contributed by atoms with E-state index in [9.17, 15) is 31.1 Å². The molecule has 4 rings (SSSR count). The molecule has 2 atom stereocenters. The minimum Gasteiger partial charge on any atom is -0.362 e. The molecule has 0 fully saturated rings. The Labute approximate surface area is 205 Å². The Bertz CT molecular complexity index is 1270. The molecule has 35 heavy (non-hydrogen) atoms. The van der Waals surface area contributed by atoms with Crippen molar-refractivity contribution in [3.8, 4) is 0 Å². The predicted molar refractivity (Wildman–Crippen MR) is 119 cm³/mol. The largest absolute Gasteiger partial charge is 0.416 e. The first kappa shape index (κ1) is 25.2. The van der Waals surface area contributed by atoms with Gasteiger partial charge in [-0.1, -0.05) is 53.0 Å². The number of aryl methyl sites for hydroxylation is 1. The maximum absolute atomic E-state index is 13.9. The van der Waals surface area contributed by atoms with Crippen LogP contribution in [0.3, 0.4) is 0 Å². The number of alkyl halides is 6. The molecule has 0 bridgehead atoms. The lowest BCUT2D eigenvalue weighted by Gasteiger charge is -2.33. The van der Waals surface area contributed by atoms with E-state index in [2.05, 4.69) is 15.7 Å². The van der Waals surface area contributed by atoms with Crippen LogP contribution in [0, 0.1) is 6.92 Å². The lowest BCUT2D eigenvalue weighted by molar-refractivity contribution is -0.173. The number of aromatic nitrogens is 2. The minimum absolute atomic E-state index is 0.211. The number of anilines is 2. The number of fused-ring (bicyclic) bond motifs is 1. The van der Waals surface area contributed by atoms with Gasteiger partial charge in [-0.15, -0.1) is 0 Å². The van der Waals surface area contributed by atoms with Gasteiger partial charge < -0.3 is 10.6 Å². The fraction of sp³-hybridized carbons (Fsp3) is 0.273. The van der Waals surface area contributed by atoms with Crippen LogP contribution in [-0.4, -0.2) is 21.9 Å². The summed E-state index contributed by atoms with van der Waals surface area (Å²) in [6, 6.07) is 6.27. The number of carbonyl (C=O) groups is 1. The van der Waals surface area contributed by atoms with Crippen LogP contribution in [0.2, 0.25) is 10.0 Å². The summed E-state index contributed by atoms with van der Waals surface area (Å²) in [5, 5.41) is 8.19. The number of amides is 1. The second-order valence-electron chi connectivity index (χ2n) is 8.00. The molecule has 0 spiro atoms. The monoisotopic (exact) mass is 536 g/mol. The maximum atomic E-state index is 13.9. The van der Waals surface area contributed by atoms with Gasteiger partial charge in [0.05, 0.1) is 22.3 Å². The molecule has 1 aliphatic heterocycles. The van der Waals surface area contributed by atoms with Gasteiger partial charge in [-0.3, -0.25) is 4.79 Å². The summed E-state index contributed by atoms with van der Waals surface area (Å²) < 4.78 is 81.4. The zero-order chi connectivity index (χ0) is 25.7. The van der Waals surface area contributed by atoms with Crippen molar-refractivity contribution in [2.75, 3.05) is 10.6 Å². The van der Waals surface area contributed by atoms with Gasteiger partial charge in [0.1, 0.15) is 10.8 Å². The van der Waals surface area contributed by atoms with Crippen LogP contribution in [0.25, 0.3) is 0 Å². The standard InChI is InChI=1S/C22H16Cl2F6N4O/c1-10-2-4-11(5-3-10)14-9-16(22(28,29)30)34-19(31-14)17(24)18(33-34)20(35)32-15-8-12(21(25,26)27)6-7-13(15)23/h2-8,14,16,31H,9H2,1H3,(H,32,35)/t14-,16-/m0/s1. The van der Waals surface area contributed by atoms with Crippen LogP contribution >= 0.6 is 23.2 Å². The molecule has 1 aliphatic rings. The van der Waals surface area contributed by atoms with Crippen LogP contribution in [0.4, 0.5) is 37.8 Å². The predicted octanol–water partition coefficient (Wildman–Crippen LogP) is 7.43. The quantitative estimate of drug-likeness (QED) is 0.342. The Kier molecular flexibility index (Phi) is 6.43. The first-order valence-corrected chi connectivity index (χ1v) is 10.9. The SMILES string of the molecule is Cc1ccc([C@@H]2C[C@@H](C(F)(F)F)n3nc(C(=O)Nc4cc(C(F)(F)F)ccc4Cl)c(Cl)c3N2)cc1. The van der Waals surface area contributed by atoms with E-state index < -0.39 is 58.7 Å². The van der Waals surface area contributed by atoms with Crippen LogP contribution in [0.1, 0.15) is 45.7 Å². The van der Waals surface area contributed by atoms with E-state index in [1.165, 1.54) is 0 Å². The second kappa shape index (κ2) is 8.94. The zero-order valence-corrected chi connectivity index (χ0v) is 19.2. The molecular formula is C22H16Cl2F6N4O. The fourth-order valence-electron chi connectivity index (χ4n) is 3.73. The smallest absolute Gasteiger partial charge is 0.362 e. The molecule has 13 heteroatoms. The van der Waals surface area contributed by atoms with Gasteiger partial charge in [0.2, 0.25) is 0 Å². The Morgan fingerprint density at radius 2 is 1.74 bits per heavy atom. The van der Waals surface area contributed by atoms with Gasteiger partial charge in [0.25, 0.3) is 5.91 Å². The van der Waals surface area contributed by atoms with Gasteiger partial charge in [0.15, 0.2) is 11.7 Å². The molecule has 5 nitrogen and oxygen atoms in total. The van der Waals surface area contributed by atoms with E-state index in [4.69, 9.17) is 23.2 Å². The Morgan fingerprint density at radius 3 is 2.34 bits per heavy atom. The van der Waals surface area contributed by atoms with Crippen LogP contribution < -0.4 is 10.6 Å². The van der Waals surface area contributed by atoms with Crippen LogP contribution in [0.15, 0.2) is 42.5 Å². The lowest BCUT2D eigenvalue weighted by Crippen LogP contribution is -2.35. The van der Waals surface area contributed by atoms with E-state index in [-0.39, 0.29) is 10.8 Å². The number of hydrogen-bond acceptors (Lipinski definition) is 3. The normalized spacial score (nSPS) is 18.1.